The van der Waals surface area contributed by atoms with Gasteiger partial charge in [-0.3, -0.25) is 0 Å². The second-order valence-electron chi connectivity index (χ2n) is 7.34. The molecule has 0 heterocycles. The minimum atomic E-state index is -2.92. The van der Waals surface area contributed by atoms with E-state index in [2.05, 4.69) is 15.7 Å². The summed E-state index contributed by atoms with van der Waals surface area (Å²) in [6.07, 6.45) is 6.98. The van der Waals surface area contributed by atoms with E-state index in [1.165, 1.54) is 40.8 Å². The van der Waals surface area contributed by atoms with Crippen LogP contribution in [0.3, 0.4) is 0 Å². The van der Waals surface area contributed by atoms with Gasteiger partial charge in [0.05, 0.1) is 11.5 Å². The Bertz CT molecular complexity index is 928. The van der Waals surface area contributed by atoms with Crippen molar-refractivity contribution in [2.45, 2.75) is 50.0 Å². The molecule has 2 aliphatic carbocycles. The standard InChI is InChI=1S/C21H27N3O2S/c1-26-13-15-8-10-18(11-9-15)27(22,25)24-14-23-21-19-6-2-4-16(19)12-17-5-3-7-20(17)21/h8-12,23H,2-7,13-14H2,1H3,(H2,22,24,25). The number of nitrogens with one attached hydrogen (secondary N) is 1. The first-order chi connectivity index (χ1) is 13.1. The van der Waals surface area contributed by atoms with Crippen LogP contribution in [0.5, 0.6) is 0 Å². The Balaban J connectivity index is 1.55. The number of nitrogens with zero attached hydrogens (tertiary/aromatic N) is 1. The van der Waals surface area contributed by atoms with Gasteiger partial charge in [0.2, 0.25) is 0 Å². The van der Waals surface area contributed by atoms with Crippen LogP contribution in [-0.4, -0.2) is 18.0 Å². The lowest BCUT2D eigenvalue weighted by molar-refractivity contribution is 0.185. The average molecular weight is 386 g/mol. The van der Waals surface area contributed by atoms with Crippen LogP contribution in [0.4, 0.5) is 5.69 Å². The molecule has 144 valence electrons. The first-order valence-electron chi connectivity index (χ1n) is 9.57. The Morgan fingerprint density at radius 3 is 2.30 bits per heavy atom. The Morgan fingerprint density at radius 2 is 1.70 bits per heavy atom. The third-order valence-electron chi connectivity index (χ3n) is 5.56. The van der Waals surface area contributed by atoms with Gasteiger partial charge in [-0.25, -0.2) is 9.35 Å². The van der Waals surface area contributed by atoms with E-state index in [4.69, 9.17) is 9.88 Å². The number of rotatable bonds is 6. The molecule has 0 bridgehead atoms. The van der Waals surface area contributed by atoms with E-state index in [1.807, 2.05) is 12.1 Å². The molecular weight excluding hydrogens is 358 g/mol. The number of hydrogen-bond acceptors (Lipinski definition) is 4. The minimum absolute atomic E-state index is 0.262. The fourth-order valence-electron chi connectivity index (χ4n) is 4.26. The van der Waals surface area contributed by atoms with Crippen molar-refractivity contribution in [1.82, 2.24) is 0 Å². The molecule has 2 aromatic rings. The summed E-state index contributed by atoms with van der Waals surface area (Å²) in [4.78, 5) is 0.549. The van der Waals surface area contributed by atoms with E-state index in [1.54, 1.807) is 19.2 Å². The number of fused-ring (bicyclic) bond motifs is 2. The van der Waals surface area contributed by atoms with E-state index < -0.39 is 9.92 Å². The molecule has 0 fully saturated rings. The van der Waals surface area contributed by atoms with Crippen molar-refractivity contribution in [3.05, 3.63) is 58.1 Å². The Labute approximate surface area is 161 Å². The molecule has 3 N–H and O–H groups in total. The number of nitrogens with two attached hydrogens (primary N) is 1. The molecule has 2 aliphatic rings. The van der Waals surface area contributed by atoms with Gasteiger partial charge in [-0.05, 0) is 78.5 Å². The van der Waals surface area contributed by atoms with Gasteiger partial charge in [0.15, 0.2) is 0 Å². The fraction of sp³-hybridized carbons (Fsp3) is 0.429. The normalized spacial score (nSPS) is 17.3. The molecule has 6 heteroatoms. The number of anilines is 1. The lowest BCUT2D eigenvalue weighted by atomic mass is 9.99. The van der Waals surface area contributed by atoms with Crippen LogP contribution < -0.4 is 10.5 Å². The Hall–Kier alpha value is -1.89. The van der Waals surface area contributed by atoms with Gasteiger partial charge in [0, 0.05) is 12.8 Å². The lowest BCUT2D eigenvalue weighted by Gasteiger charge is -2.16. The maximum Gasteiger partial charge on any atom is 0.136 e. The van der Waals surface area contributed by atoms with Gasteiger partial charge in [-0.2, -0.15) is 4.36 Å². The second kappa shape index (κ2) is 7.62. The van der Waals surface area contributed by atoms with Crippen molar-refractivity contribution < 1.29 is 8.95 Å². The monoisotopic (exact) mass is 385 g/mol. The van der Waals surface area contributed by atoms with Crippen LogP contribution in [0, 0.1) is 0 Å². The molecule has 0 aliphatic heterocycles. The third kappa shape index (κ3) is 3.74. The van der Waals surface area contributed by atoms with Crippen molar-refractivity contribution in [2.24, 2.45) is 9.50 Å². The largest absolute Gasteiger partial charge is 0.380 e. The number of hydrogen-bond donors (Lipinski definition) is 2. The highest BCUT2D eigenvalue weighted by Crippen LogP contribution is 2.38. The maximum absolute atomic E-state index is 12.9. The number of ether oxygens (including phenoxy) is 1. The van der Waals surface area contributed by atoms with Crippen LogP contribution in [0.25, 0.3) is 0 Å². The Kier molecular flexibility index (Phi) is 5.21. The summed E-state index contributed by atoms with van der Waals surface area (Å²) in [5.74, 6) is 0. The number of benzene rings is 2. The summed E-state index contributed by atoms with van der Waals surface area (Å²) < 4.78 is 22.3. The van der Waals surface area contributed by atoms with Crippen molar-refractivity contribution in [2.75, 3.05) is 19.1 Å². The molecule has 0 radical (unpaired) electrons. The van der Waals surface area contributed by atoms with Crippen molar-refractivity contribution >= 4 is 15.6 Å². The molecule has 0 saturated heterocycles. The van der Waals surface area contributed by atoms with E-state index >= 15 is 0 Å². The van der Waals surface area contributed by atoms with E-state index in [0.29, 0.717) is 11.5 Å². The number of aryl methyl sites for hydroxylation is 2. The summed E-state index contributed by atoms with van der Waals surface area (Å²) in [5.41, 5.74) is 8.05. The van der Waals surface area contributed by atoms with Crippen LogP contribution in [0.2, 0.25) is 0 Å². The van der Waals surface area contributed by atoms with Crippen molar-refractivity contribution in [3.63, 3.8) is 0 Å². The summed E-state index contributed by atoms with van der Waals surface area (Å²) in [5, 5.41) is 9.50. The van der Waals surface area contributed by atoms with E-state index in [0.717, 1.165) is 31.2 Å². The highest BCUT2D eigenvalue weighted by atomic mass is 32.2. The fourth-order valence-corrected chi connectivity index (χ4v) is 5.19. The average Bonchev–Trinajstić information content (AvgIpc) is 3.31. The summed E-state index contributed by atoms with van der Waals surface area (Å²) in [6.45, 7) is 0.785. The summed E-state index contributed by atoms with van der Waals surface area (Å²) >= 11 is 0. The highest BCUT2D eigenvalue weighted by molar-refractivity contribution is 7.91. The first kappa shape index (κ1) is 18.5. The van der Waals surface area contributed by atoms with Gasteiger partial charge < -0.3 is 10.1 Å². The molecular formula is C21H27N3O2S. The molecule has 2 aromatic carbocycles. The molecule has 0 saturated carbocycles. The maximum atomic E-state index is 12.9. The summed E-state index contributed by atoms with van der Waals surface area (Å²) in [6, 6.07) is 9.72. The minimum Gasteiger partial charge on any atom is -0.380 e. The molecule has 5 nitrogen and oxygen atoms in total. The molecule has 27 heavy (non-hydrogen) atoms. The Morgan fingerprint density at radius 1 is 1.07 bits per heavy atom. The summed E-state index contributed by atoms with van der Waals surface area (Å²) in [7, 11) is -1.27. The first-order valence-corrected chi connectivity index (χ1v) is 11.2. The molecule has 1 unspecified atom stereocenters. The van der Waals surface area contributed by atoms with Gasteiger partial charge in [-0.1, -0.05) is 18.2 Å². The van der Waals surface area contributed by atoms with Crippen molar-refractivity contribution in [3.8, 4) is 0 Å². The quantitative estimate of drug-likeness (QED) is 0.798. The molecule has 0 amide bonds. The zero-order valence-electron chi connectivity index (χ0n) is 15.8. The highest BCUT2D eigenvalue weighted by Gasteiger charge is 2.23. The van der Waals surface area contributed by atoms with Gasteiger partial charge in [-0.15, -0.1) is 0 Å². The SMILES string of the molecule is COCc1ccc(S(N)(=O)=NCNc2c3c(cc4c2CCC4)CCC3)cc1. The van der Waals surface area contributed by atoms with Gasteiger partial charge in [0.1, 0.15) is 16.6 Å². The zero-order chi connectivity index (χ0) is 18.9. The van der Waals surface area contributed by atoms with Crippen LogP contribution in [0.15, 0.2) is 39.6 Å². The molecule has 4 rings (SSSR count). The number of methoxy groups -OCH3 is 1. The van der Waals surface area contributed by atoms with E-state index in [-0.39, 0.29) is 6.67 Å². The van der Waals surface area contributed by atoms with Gasteiger partial charge in [0.25, 0.3) is 0 Å². The predicted octanol–water partition coefficient (Wildman–Crippen LogP) is 3.58. The smallest absolute Gasteiger partial charge is 0.136 e. The molecule has 1 atom stereocenters. The van der Waals surface area contributed by atoms with E-state index in [9.17, 15) is 4.21 Å². The zero-order valence-corrected chi connectivity index (χ0v) is 16.6. The van der Waals surface area contributed by atoms with Crippen LogP contribution in [0.1, 0.15) is 40.7 Å². The third-order valence-corrected chi connectivity index (χ3v) is 7.02. The predicted molar refractivity (Wildman–Crippen MR) is 109 cm³/mol. The van der Waals surface area contributed by atoms with Crippen LogP contribution >= 0.6 is 0 Å². The molecule has 0 spiro atoms. The van der Waals surface area contributed by atoms with Gasteiger partial charge >= 0.3 is 0 Å². The lowest BCUT2D eigenvalue weighted by Crippen LogP contribution is -2.16. The topological polar surface area (TPSA) is 76.7 Å². The van der Waals surface area contributed by atoms with Crippen LogP contribution in [-0.2, 0) is 46.9 Å². The second-order valence-corrected chi connectivity index (χ2v) is 9.21. The molecule has 0 aromatic heterocycles. The van der Waals surface area contributed by atoms with Crippen molar-refractivity contribution in [1.29, 1.82) is 0 Å².